The number of carbonyl (C=O) groups excluding carboxylic acids is 2. The minimum atomic E-state index is -4.53. The number of amides is 3. The maximum atomic E-state index is 13.0. The molecule has 0 saturated carbocycles. The zero-order valence-corrected chi connectivity index (χ0v) is 18.1. The van der Waals surface area contributed by atoms with E-state index in [-0.39, 0.29) is 22.8 Å². The Bertz CT molecular complexity index is 1220. The van der Waals surface area contributed by atoms with E-state index in [9.17, 15) is 32.9 Å². The van der Waals surface area contributed by atoms with Gasteiger partial charge in [0.25, 0.3) is 11.6 Å². The molecule has 12 heteroatoms. The number of nitrogens with one attached hydrogen (secondary N) is 3. The van der Waals surface area contributed by atoms with Gasteiger partial charge in [0.15, 0.2) is 0 Å². The summed E-state index contributed by atoms with van der Waals surface area (Å²) < 4.78 is 43.5. The molecule has 35 heavy (non-hydrogen) atoms. The molecule has 9 nitrogen and oxygen atoms in total. The predicted octanol–water partition coefficient (Wildman–Crippen LogP) is 5.12. The lowest BCUT2D eigenvalue weighted by molar-refractivity contribution is -0.384. The smallest absolute Gasteiger partial charge is 0.416 e. The highest BCUT2D eigenvalue weighted by atomic mass is 19.4. The Kier molecular flexibility index (Phi) is 7.54. The molecule has 0 aliphatic rings. The van der Waals surface area contributed by atoms with Crippen LogP contribution in [0.3, 0.4) is 0 Å². The van der Waals surface area contributed by atoms with Crippen LogP contribution >= 0.6 is 0 Å². The standard InChI is InChI=1S/C23H19F3N4O5/c1-35-19-12-11-17(30(33)34)13-18(19)28-22(32)29-20(14-5-3-2-4-6-14)21(31)27-16-9-7-15(8-10-16)23(24,25)26/h2-13,20H,1H3,(H,27,31)(H2,28,29,32)/t20-/m1/s1. The normalized spacial score (nSPS) is 11.8. The summed E-state index contributed by atoms with van der Waals surface area (Å²) in [5.41, 5.74) is -0.696. The number of benzene rings is 3. The van der Waals surface area contributed by atoms with Crippen molar-refractivity contribution in [2.24, 2.45) is 0 Å². The van der Waals surface area contributed by atoms with Crippen molar-refractivity contribution >= 4 is 29.0 Å². The number of halogens is 3. The number of ether oxygens (including phenoxy) is 1. The molecule has 0 saturated heterocycles. The van der Waals surface area contributed by atoms with Crippen LogP contribution < -0.4 is 20.7 Å². The van der Waals surface area contributed by atoms with Crippen molar-refractivity contribution in [3.8, 4) is 5.75 Å². The van der Waals surface area contributed by atoms with Gasteiger partial charge in [0.1, 0.15) is 11.8 Å². The van der Waals surface area contributed by atoms with Crippen LogP contribution in [-0.2, 0) is 11.0 Å². The van der Waals surface area contributed by atoms with Crippen LogP contribution in [0.5, 0.6) is 5.75 Å². The third kappa shape index (κ3) is 6.47. The molecule has 3 aromatic carbocycles. The molecule has 0 aromatic heterocycles. The summed E-state index contributed by atoms with van der Waals surface area (Å²) in [6.07, 6.45) is -4.53. The molecule has 0 aliphatic heterocycles. The number of nitro groups is 1. The van der Waals surface area contributed by atoms with Gasteiger partial charge in [-0.3, -0.25) is 14.9 Å². The lowest BCUT2D eigenvalue weighted by Gasteiger charge is -2.20. The monoisotopic (exact) mass is 488 g/mol. The molecule has 0 bridgehead atoms. The second-order valence-corrected chi connectivity index (χ2v) is 7.15. The fraction of sp³-hybridized carbons (Fsp3) is 0.130. The van der Waals surface area contributed by atoms with E-state index in [1.54, 1.807) is 30.3 Å². The van der Waals surface area contributed by atoms with Crippen molar-refractivity contribution in [3.05, 3.63) is 94.0 Å². The number of methoxy groups -OCH3 is 1. The average Bonchev–Trinajstić information content (AvgIpc) is 2.82. The molecule has 0 spiro atoms. The van der Waals surface area contributed by atoms with Crippen LogP contribution in [0.1, 0.15) is 17.2 Å². The third-order valence-corrected chi connectivity index (χ3v) is 4.79. The van der Waals surface area contributed by atoms with Crippen LogP contribution in [-0.4, -0.2) is 24.0 Å². The molecule has 3 N–H and O–H groups in total. The quantitative estimate of drug-likeness (QED) is 0.315. The Balaban J connectivity index is 1.81. The van der Waals surface area contributed by atoms with Crippen molar-refractivity contribution in [2.75, 3.05) is 17.7 Å². The molecular weight excluding hydrogens is 469 g/mol. The molecule has 3 amide bonds. The molecule has 3 aromatic rings. The summed E-state index contributed by atoms with van der Waals surface area (Å²) in [7, 11) is 1.31. The number of hydrogen-bond acceptors (Lipinski definition) is 5. The molecular formula is C23H19F3N4O5. The zero-order chi connectivity index (χ0) is 25.6. The lowest BCUT2D eigenvalue weighted by atomic mass is 10.1. The van der Waals surface area contributed by atoms with Crippen LogP contribution in [0.2, 0.25) is 0 Å². The predicted molar refractivity (Wildman–Crippen MR) is 121 cm³/mol. The summed E-state index contributed by atoms with van der Waals surface area (Å²) in [6.45, 7) is 0. The van der Waals surface area contributed by atoms with E-state index in [0.29, 0.717) is 5.56 Å². The van der Waals surface area contributed by atoms with E-state index < -0.39 is 34.6 Å². The maximum Gasteiger partial charge on any atom is 0.416 e. The molecule has 3 rings (SSSR count). The third-order valence-electron chi connectivity index (χ3n) is 4.79. The first-order chi connectivity index (χ1) is 16.6. The average molecular weight is 488 g/mol. The van der Waals surface area contributed by atoms with E-state index in [0.717, 1.165) is 30.3 Å². The Morgan fingerprint density at radius 1 is 0.971 bits per heavy atom. The van der Waals surface area contributed by atoms with Crippen molar-refractivity contribution in [1.82, 2.24) is 5.32 Å². The summed E-state index contributed by atoms with van der Waals surface area (Å²) in [6, 6.07) is 13.4. The van der Waals surface area contributed by atoms with E-state index >= 15 is 0 Å². The summed E-state index contributed by atoms with van der Waals surface area (Å²) in [5.74, 6) is -0.576. The van der Waals surface area contributed by atoms with Gasteiger partial charge >= 0.3 is 12.2 Å². The van der Waals surface area contributed by atoms with Gasteiger partial charge in [-0.1, -0.05) is 30.3 Å². The Morgan fingerprint density at radius 3 is 2.20 bits per heavy atom. The highest BCUT2D eigenvalue weighted by molar-refractivity contribution is 6.00. The minimum absolute atomic E-state index is 0.00541. The number of nitrogens with zero attached hydrogens (tertiary/aromatic N) is 1. The van der Waals surface area contributed by atoms with Gasteiger partial charge in [-0.15, -0.1) is 0 Å². The number of non-ortho nitro benzene ring substituents is 1. The number of hydrogen-bond donors (Lipinski definition) is 3. The Morgan fingerprint density at radius 2 is 1.63 bits per heavy atom. The zero-order valence-electron chi connectivity index (χ0n) is 18.1. The number of nitro benzene ring substituents is 1. The SMILES string of the molecule is COc1ccc([N+](=O)[O-])cc1NC(=O)N[C@@H](C(=O)Nc1ccc(C(F)(F)F)cc1)c1ccccc1. The van der Waals surface area contributed by atoms with Gasteiger partial charge in [0, 0.05) is 17.8 Å². The maximum absolute atomic E-state index is 13.0. The van der Waals surface area contributed by atoms with Crippen LogP contribution in [0.15, 0.2) is 72.8 Å². The first-order valence-corrected chi connectivity index (χ1v) is 10.0. The molecule has 1 atom stereocenters. The lowest BCUT2D eigenvalue weighted by Crippen LogP contribution is -2.39. The fourth-order valence-corrected chi connectivity index (χ4v) is 3.10. The van der Waals surface area contributed by atoms with Crippen LogP contribution in [0.4, 0.5) is 35.0 Å². The van der Waals surface area contributed by atoms with Gasteiger partial charge in [0.05, 0.1) is 23.3 Å². The number of urea groups is 1. The highest BCUT2D eigenvalue weighted by Crippen LogP contribution is 2.31. The second-order valence-electron chi connectivity index (χ2n) is 7.15. The topological polar surface area (TPSA) is 123 Å². The minimum Gasteiger partial charge on any atom is -0.495 e. The Hall–Kier alpha value is -4.61. The van der Waals surface area contributed by atoms with Crippen molar-refractivity contribution < 1.29 is 32.4 Å². The van der Waals surface area contributed by atoms with E-state index in [2.05, 4.69) is 16.0 Å². The van der Waals surface area contributed by atoms with E-state index in [1.807, 2.05) is 0 Å². The number of carbonyl (C=O) groups is 2. The molecule has 0 fully saturated rings. The fourth-order valence-electron chi connectivity index (χ4n) is 3.10. The van der Waals surface area contributed by atoms with E-state index in [1.165, 1.54) is 19.2 Å². The van der Waals surface area contributed by atoms with Gasteiger partial charge < -0.3 is 20.7 Å². The summed E-state index contributed by atoms with van der Waals surface area (Å²) in [5, 5.41) is 18.4. The summed E-state index contributed by atoms with van der Waals surface area (Å²) >= 11 is 0. The van der Waals surface area contributed by atoms with Crippen molar-refractivity contribution in [3.63, 3.8) is 0 Å². The first kappa shape index (κ1) is 25.0. The number of rotatable bonds is 7. The van der Waals surface area contributed by atoms with Gasteiger partial charge in [-0.25, -0.2) is 4.79 Å². The van der Waals surface area contributed by atoms with Crippen LogP contribution in [0, 0.1) is 10.1 Å². The van der Waals surface area contributed by atoms with Gasteiger partial charge in [-0.2, -0.15) is 13.2 Å². The van der Waals surface area contributed by atoms with Crippen molar-refractivity contribution in [1.29, 1.82) is 0 Å². The number of alkyl halides is 3. The molecule has 182 valence electrons. The highest BCUT2D eigenvalue weighted by Gasteiger charge is 2.30. The number of anilines is 2. The van der Waals surface area contributed by atoms with Crippen molar-refractivity contribution in [2.45, 2.75) is 12.2 Å². The first-order valence-electron chi connectivity index (χ1n) is 10.0. The molecule has 0 radical (unpaired) electrons. The van der Waals surface area contributed by atoms with Crippen LogP contribution in [0.25, 0.3) is 0 Å². The second kappa shape index (κ2) is 10.5. The van der Waals surface area contributed by atoms with Gasteiger partial charge in [0.2, 0.25) is 0 Å². The van der Waals surface area contributed by atoms with E-state index in [4.69, 9.17) is 4.74 Å². The molecule has 0 heterocycles. The largest absolute Gasteiger partial charge is 0.495 e. The van der Waals surface area contributed by atoms with Gasteiger partial charge in [-0.05, 0) is 35.9 Å². The summed E-state index contributed by atoms with van der Waals surface area (Å²) in [4.78, 5) is 36.1. The molecule has 0 aliphatic carbocycles. The molecule has 0 unspecified atom stereocenters. The Labute approximate surface area is 197 Å².